The van der Waals surface area contributed by atoms with E-state index in [1.165, 1.54) is 5.56 Å². The fourth-order valence-electron chi connectivity index (χ4n) is 1.69. The summed E-state index contributed by atoms with van der Waals surface area (Å²) in [4.78, 5) is 4.37. The quantitative estimate of drug-likeness (QED) is 0.750. The van der Waals surface area contributed by atoms with Crippen molar-refractivity contribution in [1.82, 2.24) is 4.98 Å². The summed E-state index contributed by atoms with van der Waals surface area (Å²) in [6.45, 7) is 2.06. The van der Waals surface area contributed by atoms with Crippen LogP contribution in [0.4, 0.5) is 0 Å². The van der Waals surface area contributed by atoms with Crippen molar-refractivity contribution in [1.29, 1.82) is 0 Å². The summed E-state index contributed by atoms with van der Waals surface area (Å²) in [7, 11) is 0. The molecular weight excluding hydrogens is 298 g/mol. The SMILES string of the molecule is Cc1cccnc1CC(Cl)c1ccc(Br)cc1. The smallest absolute Gasteiger partial charge is 0.0640 e. The van der Waals surface area contributed by atoms with Gasteiger partial charge < -0.3 is 0 Å². The van der Waals surface area contributed by atoms with Crippen LogP contribution in [0.2, 0.25) is 0 Å². The fraction of sp³-hybridized carbons (Fsp3) is 0.214. The lowest BCUT2D eigenvalue weighted by molar-refractivity contribution is 0.869. The Morgan fingerprint density at radius 1 is 1.24 bits per heavy atom. The maximum Gasteiger partial charge on any atom is 0.0640 e. The first-order valence-electron chi connectivity index (χ1n) is 5.47. The first-order chi connectivity index (χ1) is 8.16. The number of aromatic nitrogens is 1. The number of rotatable bonds is 3. The topological polar surface area (TPSA) is 12.9 Å². The minimum Gasteiger partial charge on any atom is -0.261 e. The third-order valence-corrected chi connectivity index (χ3v) is 3.66. The van der Waals surface area contributed by atoms with Crippen molar-refractivity contribution in [3.8, 4) is 0 Å². The first kappa shape index (κ1) is 12.6. The second-order valence-electron chi connectivity index (χ2n) is 3.99. The van der Waals surface area contributed by atoms with Crippen LogP contribution >= 0.6 is 27.5 Å². The summed E-state index contributed by atoms with van der Waals surface area (Å²) in [6.07, 6.45) is 2.57. The predicted octanol–water partition coefficient (Wildman–Crippen LogP) is 4.68. The van der Waals surface area contributed by atoms with Gasteiger partial charge in [0.05, 0.1) is 5.38 Å². The monoisotopic (exact) mass is 309 g/mol. The minimum absolute atomic E-state index is 0.0308. The van der Waals surface area contributed by atoms with Crippen LogP contribution in [-0.2, 0) is 6.42 Å². The number of hydrogen-bond acceptors (Lipinski definition) is 1. The van der Waals surface area contributed by atoms with E-state index in [9.17, 15) is 0 Å². The maximum absolute atomic E-state index is 6.41. The van der Waals surface area contributed by atoms with Gasteiger partial charge in [0, 0.05) is 22.8 Å². The highest BCUT2D eigenvalue weighted by atomic mass is 79.9. The van der Waals surface area contributed by atoms with E-state index in [0.29, 0.717) is 0 Å². The Morgan fingerprint density at radius 3 is 2.59 bits per heavy atom. The molecule has 0 radical (unpaired) electrons. The fourth-order valence-corrected chi connectivity index (χ4v) is 2.25. The van der Waals surface area contributed by atoms with E-state index in [-0.39, 0.29) is 5.38 Å². The predicted molar refractivity (Wildman–Crippen MR) is 75.4 cm³/mol. The average Bonchev–Trinajstić information content (AvgIpc) is 2.33. The lowest BCUT2D eigenvalue weighted by Gasteiger charge is -2.11. The Hall–Kier alpha value is -0.860. The summed E-state index contributed by atoms with van der Waals surface area (Å²) in [6, 6.07) is 12.1. The van der Waals surface area contributed by atoms with Gasteiger partial charge in [-0.15, -0.1) is 11.6 Å². The molecule has 0 spiro atoms. The lowest BCUT2D eigenvalue weighted by Crippen LogP contribution is -2.00. The third kappa shape index (κ3) is 3.30. The van der Waals surface area contributed by atoms with Crippen LogP contribution < -0.4 is 0 Å². The second kappa shape index (κ2) is 5.65. The lowest BCUT2D eigenvalue weighted by atomic mass is 10.0. The van der Waals surface area contributed by atoms with Crippen molar-refractivity contribution in [2.24, 2.45) is 0 Å². The van der Waals surface area contributed by atoms with Crippen molar-refractivity contribution in [3.05, 3.63) is 63.9 Å². The van der Waals surface area contributed by atoms with E-state index in [4.69, 9.17) is 11.6 Å². The van der Waals surface area contributed by atoms with E-state index >= 15 is 0 Å². The molecule has 1 aromatic heterocycles. The van der Waals surface area contributed by atoms with Gasteiger partial charge in [-0.3, -0.25) is 4.98 Å². The van der Waals surface area contributed by atoms with E-state index in [1.807, 2.05) is 36.5 Å². The van der Waals surface area contributed by atoms with Crippen LogP contribution in [0.25, 0.3) is 0 Å². The number of alkyl halides is 1. The van der Waals surface area contributed by atoms with E-state index in [0.717, 1.165) is 22.2 Å². The molecule has 0 bridgehead atoms. The summed E-state index contributed by atoms with van der Waals surface area (Å²) < 4.78 is 1.07. The standard InChI is InChI=1S/C14H13BrClN/c1-10-3-2-8-17-14(10)9-13(16)11-4-6-12(15)7-5-11/h2-8,13H,9H2,1H3. The van der Waals surface area contributed by atoms with Gasteiger partial charge in [-0.25, -0.2) is 0 Å². The zero-order chi connectivity index (χ0) is 12.3. The zero-order valence-corrected chi connectivity index (χ0v) is 11.9. The van der Waals surface area contributed by atoms with Gasteiger partial charge in [0.1, 0.15) is 0 Å². The number of nitrogens with zero attached hydrogens (tertiary/aromatic N) is 1. The largest absolute Gasteiger partial charge is 0.261 e. The molecule has 1 atom stereocenters. The molecule has 1 heterocycles. The molecule has 0 aliphatic heterocycles. The summed E-state index contributed by atoms with van der Waals surface area (Å²) in [5.41, 5.74) is 3.38. The number of halogens is 2. The van der Waals surface area contributed by atoms with E-state index in [2.05, 4.69) is 33.9 Å². The molecule has 0 saturated carbocycles. The molecule has 0 fully saturated rings. The minimum atomic E-state index is -0.0308. The van der Waals surface area contributed by atoms with Crippen molar-refractivity contribution in [3.63, 3.8) is 0 Å². The van der Waals surface area contributed by atoms with Gasteiger partial charge in [0.2, 0.25) is 0 Å². The molecule has 88 valence electrons. The van der Waals surface area contributed by atoms with Crippen LogP contribution in [0.1, 0.15) is 22.2 Å². The van der Waals surface area contributed by atoms with Gasteiger partial charge in [0.25, 0.3) is 0 Å². The second-order valence-corrected chi connectivity index (χ2v) is 5.43. The summed E-state index contributed by atoms with van der Waals surface area (Å²) in [5.74, 6) is 0. The highest BCUT2D eigenvalue weighted by molar-refractivity contribution is 9.10. The van der Waals surface area contributed by atoms with Crippen LogP contribution in [0.3, 0.4) is 0 Å². The molecule has 1 nitrogen and oxygen atoms in total. The molecule has 17 heavy (non-hydrogen) atoms. The van der Waals surface area contributed by atoms with Crippen LogP contribution in [-0.4, -0.2) is 4.98 Å². The molecule has 1 unspecified atom stereocenters. The molecular formula is C14H13BrClN. The first-order valence-corrected chi connectivity index (χ1v) is 6.70. The van der Waals surface area contributed by atoms with Crippen molar-refractivity contribution < 1.29 is 0 Å². The molecule has 3 heteroatoms. The Balaban J connectivity index is 2.14. The molecule has 0 saturated heterocycles. The van der Waals surface area contributed by atoms with Crippen LogP contribution in [0.15, 0.2) is 47.1 Å². The van der Waals surface area contributed by atoms with Crippen LogP contribution in [0.5, 0.6) is 0 Å². The summed E-state index contributed by atoms with van der Waals surface area (Å²) >= 11 is 9.83. The number of pyridine rings is 1. The number of hydrogen-bond donors (Lipinski definition) is 0. The van der Waals surface area contributed by atoms with Gasteiger partial charge in [-0.2, -0.15) is 0 Å². The van der Waals surface area contributed by atoms with E-state index in [1.54, 1.807) is 0 Å². The normalized spacial score (nSPS) is 12.4. The van der Waals surface area contributed by atoms with Gasteiger partial charge in [-0.1, -0.05) is 34.1 Å². The third-order valence-electron chi connectivity index (χ3n) is 2.72. The van der Waals surface area contributed by atoms with Crippen molar-refractivity contribution in [2.45, 2.75) is 18.7 Å². The molecule has 1 aromatic carbocycles. The summed E-state index contributed by atoms with van der Waals surface area (Å²) in [5, 5.41) is -0.0308. The van der Waals surface area contributed by atoms with E-state index < -0.39 is 0 Å². The molecule has 2 aromatic rings. The van der Waals surface area contributed by atoms with Gasteiger partial charge in [0.15, 0.2) is 0 Å². The van der Waals surface area contributed by atoms with Gasteiger partial charge in [-0.05, 0) is 36.2 Å². The van der Waals surface area contributed by atoms with Gasteiger partial charge >= 0.3 is 0 Å². The molecule has 2 rings (SSSR count). The Morgan fingerprint density at radius 2 is 1.94 bits per heavy atom. The number of aryl methyl sites for hydroxylation is 1. The maximum atomic E-state index is 6.41. The average molecular weight is 311 g/mol. The molecule has 0 aliphatic carbocycles. The highest BCUT2D eigenvalue weighted by Gasteiger charge is 2.10. The van der Waals surface area contributed by atoms with Crippen molar-refractivity contribution >= 4 is 27.5 Å². The Kier molecular flexibility index (Phi) is 4.19. The molecule has 0 aliphatic rings. The number of benzene rings is 1. The van der Waals surface area contributed by atoms with Crippen molar-refractivity contribution in [2.75, 3.05) is 0 Å². The Labute approximate surface area is 115 Å². The Bertz CT molecular complexity index is 496. The van der Waals surface area contributed by atoms with Crippen LogP contribution in [0, 0.1) is 6.92 Å². The molecule has 0 amide bonds. The molecule has 0 N–H and O–H groups in total. The zero-order valence-electron chi connectivity index (χ0n) is 9.53. The highest BCUT2D eigenvalue weighted by Crippen LogP contribution is 2.26.